The molecule has 0 radical (unpaired) electrons. The third kappa shape index (κ3) is 3.18. The van der Waals surface area contributed by atoms with Gasteiger partial charge in [0.25, 0.3) is 0 Å². The van der Waals surface area contributed by atoms with E-state index in [1.165, 1.54) is 12.1 Å². The number of hydrogen-bond donors (Lipinski definition) is 0. The summed E-state index contributed by atoms with van der Waals surface area (Å²) in [6, 6.07) is 6.64. The van der Waals surface area contributed by atoms with Crippen LogP contribution in [0.2, 0.25) is 0 Å². The maximum absolute atomic E-state index is 13.5. The molecule has 92 valence electrons. The lowest BCUT2D eigenvalue weighted by Crippen LogP contribution is -2.36. The fourth-order valence-corrected chi connectivity index (χ4v) is 1.85. The van der Waals surface area contributed by atoms with Crippen molar-refractivity contribution in [2.75, 3.05) is 25.2 Å². The molecule has 0 N–H and O–H groups in total. The Morgan fingerprint density at radius 1 is 1.53 bits per heavy atom. The summed E-state index contributed by atoms with van der Waals surface area (Å²) in [6.07, 6.45) is 0. The molecule has 1 unspecified atom stereocenters. The molecule has 1 atom stereocenters. The van der Waals surface area contributed by atoms with Crippen LogP contribution in [-0.4, -0.2) is 26.3 Å². The number of benzene rings is 1. The molecule has 17 heavy (non-hydrogen) atoms. The topological polar surface area (TPSA) is 36.3 Å². The van der Waals surface area contributed by atoms with Crippen molar-refractivity contribution in [3.05, 3.63) is 29.6 Å². The van der Waals surface area contributed by atoms with E-state index in [1.807, 2.05) is 24.8 Å². The minimum Gasteiger partial charge on any atom is -0.383 e. The van der Waals surface area contributed by atoms with Crippen molar-refractivity contribution in [1.29, 1.82) is 5.26 Å². The van der Waals surface area contributed by atoms with Crippen LogP contribution in [0.25, 0.3) is 0 Å². The van der Waals surface area contributed by atoms with E-state index in [4.69, 9.17) is 10.00 Å². The van der Waals surface area contributed by atoms with Crippen LogP contribution in [0.15, 0.2) is 18.2 Å². The quantitative estimate of drug-likeness (QED) is 0.788. The molecule has 0 spiro atoms. The fourth-order valence-electron chi connectivity index (χ4n) is 1.85. The molecule has 0 bridgehead atoms. The van der Waals surface area contributed by atoms with Crippen LogP contribution >= 0.6 is 0 Å². The van der Waals surface area contributed by atoms with Gasteiger partial charge in [0.05, 0.1) is 12.2 Å². The van der Waals surface area contributed by atoms with Crippen molar-refractivity contribution in [3.63, 3.8) is 0 Å². The highest BCUT2D eigenvalue weighted by Crippen LogP contribution is 2.20. The molecule has 0 aliphatic heterocycles. The Labute approximate surface area is 101 Å². The number of anilines is 1. The molecular weight excluding hydrogens is 219 g/mol. The van der Waals surface area contributed by atoms with Gasteiger partial charge in [-0.05, 0) is 32.0 Å². The number of methoxy groups -OCH3 is 1. The minimum absolute atomic E-state index is 0.0733. The lowest BCUT2D eigenvalue weighted by Gasteiger charge is -2.29. The zero-order chi connectivity index (χ0) is 12.8. The van der Waals surface area contributed by atoms with Gasteiger partial charge in [-0.25, -0.2) is 4.39 Å². The molecule has 1 rings (SSSR count). The van der Waals surface area contributed by atoms with Crippen molar-refractivity contribution < 1.29 is 9.13 Å². The number of ether oxygens (including phenoxy) is 1. The highest BCUT2D eigenvalue weighted by Gasteiger charge is 2.14. The molecule has 0 fully saturated rings. The van der Waals surface area contributed by atoms with Gasteiger partial charge in [0.2, 0.25) is 0 Å². The van der Waals surface area contributed by atoms with Crippen LogP contribution in [0.3, 0.4) is 0 Å². The van der Waals surface area contributed by atoms with Gasteiger partial charge >= 0.3 is 0 Å². The van der Waals surface area contributed by atoms with Gasteiger partial charge in [-0.2, -0.15) is 5.26 Å². The average molecular weight is 236 g/mol. The van der Waals surface area contributed by atoms with Gasteiger partial charge in [-0.3, -0.25) is 0 Å². The minimum atomic E-state index is -0.479. The van der Waals surface area contributed by atoms with Crippen molar-refractivity contribution in [1.82, 2.24) is 0 Å². The molecule has 0 aromatic heterocycles. The Bertz CT molecular complexity index is 414. The van der Waals surface area contributed by atoms with E-state index < -0.39 is 5.82 Å². The van der Waals surface area contributed by atoms with Crippen LogP contribution in [0, 0.1) is 17.1 Å². The first-order chi connectivity index (χ1) is 8.13. The van der Waals surface area contributed by atoms with Crippen LogP contribution in [0.5, 0.6) is 0 Å². The maximum Gasteiger partial charge on any atom is 0.143 e. The molecule has 1 aromatic rings. The van der Waals surface area contributed by atoms with Gasteiger partial charge in [-0.15, -0.1) is 0 Å². The van der Waals surface area contributed by atoms with Crippen molar-refractivity contribution in [2.45, 2.75) is 19.9 Å². The largest absolute Gasteiger partial charge is 0.383 e. The van der Waals surface area contributed by atoms with E-state index in [-0.39, 0.29) is 11.6 Å². The highest BCUT2D eigenvalue weighted by molar-refractivity contribution is 5.51. The Morgan fingerprint density at radius 2 is 2.24 bits per heavy atom. The molecule has 0 saturated heterocycles. The predicted octanol–water partition coefficient (Wildman–Crippen LogP) is 2.56. The van der Waals surface area contributed by atoms with Gasteiger partial charge in [0.15, 0.2) is 0 Å². The lowest BCUT2D eigenvalue weighted by atomic mass is 10.1. The van der Waals surface area contributed by atoms with Crippen LogP contribution in [0.1, 0.15) is 19.4 Å². The van der Waals surface area contributed by atoms with E-state index in [1.54, 1.807) is 13.2 Å². The third-order valence-corrected chi connectivity index (χ3v) is 2.69. The fraction of sp³-hybridized carbons (Fsp3) is 0.462. The Balaban J connectivity index is 2.97. The van der Waals surface area contributed by atoms with Crippen molar-refractivity contribution in [2.24, 2.45) is 0 Å². The number of rotatable bonds is 5. The summed E-state index contributed by atoms with van der Waals surface area (Å²) in [5.41, 5.74) is 0.845. The summed E-state index contributed by atoms with van der Waals surface area (Å²) in [5, 5.41) is 8.67. The monoisotopic (exact) mass is 236 g/mol. The van der Waals surface area contributed by atoms with Gasteiger partial charge in [0.1, 0.15) is 11.9 Å². The zero-order valence-electron chi connectivity index (χ0n) is 10.4. The molecule has 1 aromatic carbocycles. The highest BCUT2D eigenvalue weighted by atomic mass is 19.1. The smallest absolute Gasteiger partial charge is 0.143 e. The number of nitrogens with zero attached hydrogens (tertiary/aromatic N) is 2. The first-order valence-electron chi connectivity index (χ1n) is 5.59. The number of hydrogen-bond acceptors (Lipinski definition) is 3. The average Bonchev–Trinajstić information content (AvgIpc) is 2.30. The van der Waals surface area contributed by atoms with Gasteiger partial charge in [0, 0.05) is 25.4 Å². The van der Waals surface area contributed by atoms with Gasteiger partial charge < -0.3 is 9.64 Å². The Hall–Kier alpha value is -1.60. The Morgan fingerprint density at radius 3 is 2.71 bits per heavy atom. The summed E-state index contributed by atoms with van der Waals surface area (Å²) in [5.74, 6) is -0.479. The standard InChI is InChI=1S/C13H17FN2O/c1-4-16(10(2)9-17-3)12-6-5-11(8-15)13(14)7-12/h5-7,10H,4,9H2,1-3H3. The van der Waals surface area contributed by atoms with E-state index in [0.717, 1.165) is 12.2 Å². The molecule has 0 amide bonds. The summed E-state index contributed by atoms with van der Waals surface area (Å²) >= 11 is 0. The van der Waals surface area contributed by atoms with Crippen molar-refractivity contribution in [3.8, 4) is 6.07 Å². The van der Waals surface area contributed by atoms with E-state index >= 15 is 0 Å². The molecule has 0 aliphatic rings. The summed E-state index contributed by atoms with van der Waals surface area (Å²) in [6.45, 7) is 5.36. The number of likely N-dealkylation sites (N-methyl/N-ethyl adjacent to an activating group) is 1. The maximum atomic E-state index is 13.5. The summed E-state index contributed by atoms with van der Waals surface area (Å²) < 4.78 is 18.6. The number of nitriles is 1. The zero-order valence-corrected chi connectivity index (χ0v) is 10.4. The second kappa shape index (κ2) is 6.21. The Kier molecular flexibility index (Phi) is 4.92. The lowest BCUT2D eigenvalue weighted by molar-refractivity contribution is 0.182. The van der Waals surface area contributed by atoms with E-state index in [9.17, 15) is 4.39 Å². The van der Waals surface area contributed by atoms with Crippen LogP contribution in [-0.2, 0) is 4.74 Å². The van der Waals surface area contributed by atoms with Crippen LogP contribution < -0.4 is 4.90 Å². The first kappa shape index (κ1) is 13.5. The van der Waals surface area contributed by atoms with E-state index in [0.29, 0.717) is 6.61 Å². The van der Waals surface area contributed by atoms with Crippen LogP contribution in [0.4, 0.5) is 10.1 Å². The molecular formula is C13H17FN2O. The van der Waals surface area contributed by atoms with E-state index in [2.05, 4.69) is 0 Å². The third-order valence-electron chi connectivity index (χ3n) is 2.69. The summed E-state index contributed by atoms with van der Waals surface area (Å²) in [7, 11) is 1.64. The molecule has 4 heteroatoms. The predicted molar refractivity (Wildman–Crippen MR) is 65.5 cm³/mol. The number of halogens is 1. The second-order valence-corrected chi connectivity index (χ2v) is 3.87. The first-order valence-corrected chi connectivity index (χ1v) is 5.59. The molecule has 0 heterocycles. The molecule has 0 saturated carbocycles. The van der Waals surface area contributed by atoms with Gasteiger partial charge in [-0.1, -0.05) is 0 Å². The second-order valence-electron chi connectivity index (χ2n) is 3.87. The van der Waals surface area contributed by atoms with Crippen molar-refractivity contribution >= 4 is 5.69 Å². The summed E-state index contributed by atoms with van der Waals surface area (Å²) in [4.78, 5) is 2.04. The SMILES string of the molecule is CCN(c1ccc(C#N)c(F)c1)C(C)COC. The molecule has 0 aliphatic carbocycles. The molecule has 3 nitrogen and oxygen atoms in total. The normalized spacial score (nSPS) is 11.9.